The van der Waals surface area contributed by atoms with Gasteiger partial charge in [0.25, 0.3) is 10.0 Å². The first-order valence-electron chi connectivity index (χ1n) is 8.36. The van der Waals surface area contributed by atoms with Crippen molar-refractivity contribution < 1.29 is 18.3 Å². The van der Waals surface area contributed by atoms with Crippen LogP contribution in [0.5, 0.6) is 5.75 Å². The number of rotatable bonds is 3. The number of anilines is 1. The molecule has 0 bridgehead atoms. The van der Waals surface area contributed by atoms with Crippen LogP contribution in [-0.2, 0) is 16.4 Å². The number of aliphatic hydroxyl groups is 1. The molecule has 0 radical (unpaired) electrons. The number of fused-ring (bicyclic) bond motifs is 2. The van der Waals surface area contributed by atoms with E-state index in [1.54, 1.807) is 24.3 Å². The zero-order valence-corrected chi connectivity index (χ0v) is 15.1. The van der Waals surface area contributed by atoms with Crippen LogP contribution in [0.15, 0.2) is 47.4 Å². The number of aliphatic hydroxyl groups excluding tert-OH is 1. The van der Waals surface area contributed by atoms with Gasteiger partial charge in [0.15, 0.2) is 0 Å². The number of benzene rings is 2. The van der Waals surface area contributed by atoms with E-state index in [-0.39, 0.29) is 29.6 Å². The van der Waals surface area contributed by atoms with E-state index in [9.17, 15) is 13.5 Å². The van der Waals surface area contributed by atoms with E-state index in [0.717, 1.165) is 16.9 Å². The van der Waals surface area contributed by atoms with Crippen molar-refractivity contribution in [3.05, 3.63) is 53.6 Å². The third-order valence-electron chi connectivity index (χ3n) is 4.87. The maximum Gasteiger partial charge on any atom is 0.264 e. The lowest BCUT2D eigenvalue weighted by Crippen LogP contribution is -2.30. The summed E-state index contributed by atoms with van der Waals surface area (Å²) in [5, 5.41) is 9.61. The summed E-state index contributed by atoms with van der Waals surface area (Å²) < 4.78 is 33.7. The summed E-state index contributed by atoms with van der Waals surface area (Å²) in [6, 6.07) is 12.4. The van der Waals surface area contributed by atoms with Crippen LogP contribution in [0.25, 0.3) is 0 Å². The molecule has 0 saturated heterocycles. The number of para-hydroxylation sites is 1. The Kier molecular flexibility index (Phi) is 3.60. The minimum Gasteiger partial charge on any atom is -0.487 e. The Labute approximate surface area is 147 Å². The molecule has 0 amide bonds. The van der Waals surface area contributed by atoms with E-state index < -0.39 is 10.0 Å². The highest BCUT2D eigenvalue weighted by Gasteiger charge is 2.37. The van der Waals surface area contributed by atoms with Gasteiger partial charge in [-0.2, -0.15) is 0 Å². The second-order valence-corrected chi connectivity index (χ2v) is 9.14. The van der Waals surface area contributed by atoms with Crippen molar-refractivity contribution in [3.63, 3.8) is 0 Å². The highest BCUT2D eigenvalue weighted by Crippen LogP contribution is 2.41. The van der Waals surface area contributed by atoms with Gasteiger partial charge in [0.05, 0.1) is 17.2 Å². The summed E-state index contributed by atoms with van der Waals surface area (Å²) in [7, 11) is -3.69. The number of hydrogen-bond donors (Lipinski definition) is 1. The predicted molar refractivity (Wildman–Crippen MR) is 95.7 cm³/mol. The number of ether oxygens (including phenoxy) is 1. The molecule has 2 heterocycles. The van der Waals surface area contributed by atoms with Gasteiger partial charge in [-0.3, -0.25) is 4.31 Å². The molecule has 5 nitrogen and oxygen atoms in total. The van der Waals surface area contributed by atoms with Crippen molar-refractivity contribution in [2.45, 2.75) is 36.7 Å². The number of sulfonamides is 1. The topological polar surface area (TPSA) is 66.8 Å². The van der Waals surface area contributed by atoms with Crippen LogP contribution in [0.2, 0.25) is 0 Å². The lowest BCUT2D eigenvalue weighted by atomic mass is 10.0. The number of nitrogens with zero attached hydrogens (tertiary/aromatic N) is 1. The molecule has 2 aliphatic heterocycles. The van der Waals surface area contributed by atoms with Crippen molar-refractivity contribution in [2.75, 3.05) is 17.5 Å². The second-order valence-electron chi connectivity index (χ2n) is 7.28. The normalized spacial score (nSPS) is 20.9. The predicted octanol–water partition coefficient (Wildman–Crippen LogP) is 2.68. The maximum absolute atomic E-state index is 13.2. The van der Waals surface area contributed by atoms with E-state index >= 15 is 0 Å². The molecule has 4 rings (SSSR count). The third-order valence-corrected chi connectivity index (χ3v) is 6.65. The molecule has 2 aromatic rings. The molecule has 6 heteroatoms. The minimum absolute atomic E-state index is 0.0742. The molecule has 0 saturated carbocycles. The van der Waals surface area contributed by atoms with Crippen LogP contribution < -0.4 is 9.04 Å². The molecule has 1 unspecified atom stereocenters. The largest absolute Gasteiger partial charge is 0.487 e. The molecular formula is C19H21NO4S. The first-order chi connectivity index (χ1) is 11.8. The van der Waals surface area contributed by atoms with Gasteiger partial charge >= 0.3 is 0 Å². The molecule has 2 aromatic carbocycles. The molecule has 132 valence electrons. The average Bonchev–Trinajstić information content (AvgIpc) is 3.09. The molecule has 25 heavy (non-hydrogen) atoms. The van der Waals surface area contributed by atoms with E-state index in [1.165, 1.54) is 4.31 Å². The van der Waals surface area contributed by atoms with Crippen LogP contribution in [-0.4, -0.2) is 32.3 Å². The van der Waals surface area contributed by atoms with Gasteiger partial charge in [-0.15, -0.1) is 0 Å². The van der Waals surface area contributed by atoms with Gasteiger partial charge in [0.2, 0.25) is 0 Å². The summed E-state index contributed by atoms with van der Waals surface area (Å²) in [4.78, 5) is 0.265. The maximum atomic E-state index is 13.2. The average molecular weight is 359 g/mol. The Hall–Kier alpha value is -2.05. The molecule has 0 fully saturated rings. The summed E-state index contributed by atoms with van der Waals surface area (Å²) in [5.41, 5.74) is 2.13. The SMILES string of the molecule is CC1(C)Cc2cc(S(=O)(=O)N3CC(CO)c4ccccc43)ccc2O1. The van der Waals surface area contributed by atoms with Crippen LogP contribution in [0.4, 0.5) is 5.69 Å². The summed E-state index contributed by atoms with van der Waals surface area (Å²) in [5.74, 6) is 0.557. The van der Waals surface area contributed by atoms with E-state index in [1.807, 2.05) is 32.0 Å². The molecule has 1 N–H and O–H groups in total. The standard InChI is InChI=1S/C19H21NO4S/c1-19(2)10-13-9-15(7-8-18(13)24-19)25(22,23)20-11-14(12-21)16-5-3-4-6-17(16)20/h3-9,14,21H,10-12H2,1-2H3. The van der Waals surface area contributed by atoms with Crippen LogP contribution in [0.3, 0.4) is 0 Å². The lowest BCUT2D eigenvalue weighted by molar-refractivity contribution is 0.138. The Bertz CT molecular complexity index is 936. The highest BCUT2D eigenvalue weighted by atomic mass is 32.2. The molecule has 0 spiro atoms. The molecule has 0 aliphatic carbocycles. The monoisotopic (exact) mass is 359 g/mol. The first-order valence-corrected chi connectivity index (χ1v) is 9.80. The van der Waals surface area contributed by atoms with Crippen molar-refractivity contribution in [3.8, 4) is 5.75 Å². The van der Waals surface area contributed by atoms with Crippen molar-refractivity contribution >= 4 is 15.7 Å². The van der Waals surface area contributed by atoms with Crippen molar-refractivity contribution in [1.29, 1.82) is 0 Å². The Morgan fingerprint density at radius 1 is 1.24 bits per heavy atom. The molecular weight excluding hydrogens is 338 g/mol. The van der Waals surface area contributed by atoms with Crippen LogP contribution in [0.1, 0.15) is 30.9 Å². The Morgan fingerprint density at radius 2 is 2.00 bits per heavy atom. The summed E-state index contributed by atoms with van der Waals surface area (Å²) in [6.45, 7) is 4.17. The summed E-state index contributed by atoms with van der Waals surface area (Å²) >= 11 is 0. The summed E-state index contributed by atoms with van der Waals surface area (Å²) in [6.07, 6.45) is 0.682. The third kappa shape index (κ3) is 2.60. The van der Waals surface area contributed by atoms with E-state index in [0.29, 0.717) is 12.1 Å². The van der Waals surface area contributed by atoms with Gasteiger partial charge < -0.3 is 9.84 Å². The van der Waals surface area contributed by atoms with Gasteiger partial charge in [-0.1, -0.05) is 18.2 Å². The van der Waals surface area contributed by atoms with Crippen LogP contribution in [0, 0.1) is 0 Å². The Morgan fingerprint density at radius 3 is 2.76 bits per heavy atom. The fraction of sp³-hybridized carbons (Fsp3) is 0.368. The quantitative estimate of drug-likeness (QED) is 0.915. The fourth-order valence-electron chi connectivity index (χ4n) is 3.71. The number of hydrogen-bond acceptors (Lipinski definition) is 4. The zero-order valence-electron chi connectivity index (χ0n) is 14.3. The molecule has 0 aromatic heterocycles. The van der Waals surface area contributed by atoms with E-state index in [4.69, 9.17) is 4.74 Å². The van der Waals surface area contributed by atoms with Gasteiger partial charge in [0, 0.05) is 18.9 Å². The van der Waals surface area contributed by atoms with Gasteiger partial charge in [-0.25, -0.2) is 8.42 Å². The van der Waals surface area contributed by atoms with Gasteiger partial charge in [-0.05, 0) is 49.2 Å². The van der Waals surface area contributed by atoms with Crippen LogP contribution >= 0.6 is 0 Å². The first kappa shape index (κ1) is 16.4. The van der Waals surface area contributed by atoms with Crippen molar-refractivity contribution in [2.24, 2.45) is 0 Å². The van der Waals surface area contributed by atoms with E-state index in [2.05, 4.69) is 0 Å². The highest BCUT2D eigenvalue weighted by molar-refractivity contribution is 7.92. The second kappa shape index (κ2) is 5.47. The minimum atomic E-state index is -3.69. The fourth-order valence-corrected chi connectivity index (χ4v) is 5.30. The molecule has 1 atom stereocenters. The van der Waals surface area contributed by atoms with Gasteiger partial charge in [0.1, 0.15) is 11.4 Å². The smallest absolute Gasteiger partial charge is 0.264 e. The Balaban J connectivity index is 1.75. The molecule has 2 aliphatic rings. The zero-order chi connectivity index (χ0) is 17.8. The van der Waals surface area contributed by atoms with Crippen molar-refractivity contribution in [1.82, 2.24) is 0 Å². The lowest BCUT2D eigenvalue weighted by Gasteiger charge is -2.20.